The van der Waals surface area contributed by atoms with Crippen molar-refractivity contribution < 1.29 is 52.7 Å². The number of hydrogen-bond acceptors (Lipinski definition) is 7. The van der Waals surface area contributed by atoms with Crippen LogP contribution >= 0.6 is 11.6 Å². The molecule has 1 amide bonds. The van der Waals surface area contributed by atoms with Crippen LogP contribution in [0, 0.1) is 17.6 Å². The first-order valence-electron chi connectivity index (χ1n) is 19.4. The summed E-state index contributed by atoms with van der Waals surface area (Å²) in [5.74, 6) is -9.77. The number of nitrogens with zero attached hydrogens (tertiary/aromatic N) is 6. The molecule has 65 heavy (non-hydrogen) atoms. The number of fused-ring (bicyclic) bond motifs is 5. The maximum Gasteiger partial charge on any atom is 0.417 e. The van der Waals surface area contributed by atoms with Gasteiger partial charge in [0.05, 0.1) is 50.4 Å². The first-order chi connectivity index (χ1) is 30.5. The highest BCUT2D eigenvalue weighted by atomic mass is 35.5. The van der Waals surface area contributed by atoms with Crippen LogP contribution in [0.4, 0.5) is 45.3 Å². The number of carbonyl (C=O) groups excluding carboxylic acids is 1. The highest BCUT2D eigenvalue weighted by Gasteiger charge is 2.67. The van der Waals surface area contributed by atoms with E-state index in [2.05, 4.69) is 20.2 Å². The van der Waals surface area contributed by atoms with E-state index in [1.807, 2.05) is 0 Å². The molecule has 7 aromatic rings. The molecule has 0 unspecified atom stereocenters. The minimum absolute atomic E-state index is 0.00169. The van der Waals surface area contributed by atoms with Gasteiger partial charge in [0, 0.05) is 31.0 Å². The van der Waals surface area contributed by atoms with Gasteiger partial charge in [0.1, 0.15) is 35.4 Å². The first kappa shape index (κ1) is 43.8. The molecular weight excluding hydrogens is 919 g/mol. The Morgan fingerprint density at radius 1 is 1.00 bits per heavy atom. The Bertz CT molecular complexity index is 3300. The minimum atomic E-state index is -4.81. The number of amides is 1. The molecule has 0 radical (unpaired) electrons. The number of halogens is 10. The third-order valence-corrected chi connectivity index (χ3v) is 12.2. The molecule has 2 aliphatic carbocycles. The maximum absolute atomic E-state index is 15.5. The summed E-state index contributed by atoms with van der Waals surface area (Å²) in [5.41, 5.74) is -4.92. The molecule has 1 saturated carbocycles. The number of carbonyl (C=O) groups is 1. The molecule has 12 nitrogen and oxygen atoms in total. The maximum atomic E-state index is 15.5. The van der Waals surface area contributed by atoms with Crippen molar-refractivity contribution in [3.63, 3.8) is 0 Å². The molecule has 2 aliphatic rings. The number of benzene rings is 4. The van der Waals surface area contributed by atoms with Crippen molar-refractivity contribution in [2.45, 2.75) is 49.9 Å². The predicted molar refractivity (Wildman–Crippen MR) is 218 cm³/mol. The standard InChI is InChI=1S/C42H30ClF9N8O4S/c1-58-35-30(10-9-27(43)33(35)38(56-58)57-65(2,63)64)60-39(54-28-14-19(7-8-23(28)40(60)62)22-5-3-4-6-25(22)42(50,51)52)29(13-18-11-20(44)15-21(45)12-18)53-31(61)17-59-36-32(34(55-59)37(46)47)24-16-26(24)41(36,48)49/h3-12,14-15,24,26,29,37H,13,16-17H2,1-2H3,(H,53,61)(H,56,57)/t24-,26+,29-/m0/s1. The van der Waals surface area contributed by atoms with E-state index in [1.54, 1.807) is 0 Å². The van der Waals surface area contributed by atoms with E-state index in [1.165, 1.54) is 60.3 Å². The normalized spacial score (nSPS) is 17.1. The van der Waals surface area contributed by atoms with Crippen molar-refractivity contribution in [2.24, 2.45) is 13.0 Å². The Morgan fingerprint density at radius 2 is 1.71 bits per heavy atom. The smallest absolute Gasteiger partial charge is 0.344 e. The lowest BCUT2D eigenvalue weighted by Crippen LogP contribution is -2.38. The summed E-state index contributed by atoms with van der Waals surface area (Å²) in [6.07, 6.45) is -7.89. The van der Waals surface area contributed by atoms with E-state index in [-0.39, 0.29) is 67.0 Å². The molecule has 0 spiro atoms. The van der Waals surface area contributed by atoms with E-state index in [0.717, 1.165) is 29.0 Å². The van der Waals surface area contributed by atoms with Crippen LogP contribution in [0.3, 0.4) is 0 Å². The zero-order valence-electron chi connectivity index (χ0n) is 33.4. The van der Waals surface area contributed by atoms with Gasteiger partial charge in [-0.1, -0.05) is 35.9 Å². The molecule has 2 N–H and O–H groups in total. The third-order valence-electron chi connectivity index (χ3n) is 11.3. The molecule has 4 aromatic carbocycles. The Hall–Kier alpha value is -6.42. The van der Waals surface area contributed by atoms with Crippen LogP contribution < -0.4 is 15.6 Å². The second kappa shape index (κ2) is 15.4. The monoisotopic (exact) mass is 948 g/mol. The first-order valence-corrected chi connectivity index (χ1v) is 21.7. The van der Waals surface area contributed by atoms with Crippen LogP contribution in [0.15, 0.2) is 77.6 Å². The molecule has 1 fully saturated rings. The number of hydrogen-bond donors (Lipinski definition) is 2. The minimum Gasteiger partial charge on any atom is -0.344 e. The zero-order chi connectivity index (χ0) is 46.7. The number of anilines is 1. The molecule has 3 atom stereocenters. The SMILES string of the molecule is Cn1nc(NS(C)(=O)=O)c2c(Cl)ccc(-n3c([C@H](Cc4cc(F)cc(F)c4)NC(=O)Cn4nc(C(F)F)c5c4C(F)(F)[C@@H]4C[C@H]54)nc4cc(-c5ccccc5C(F)(F)F)ccc4c3=O)c21. The van der Waals surface area contributed by atoms with Crippen molar-refractivity contribution in [1.29, 1.82) is 0 Å². The average Bonchev–Trinajstić information content (AvgIpc) is 3.75. The summed E-state index contributed by atoms with van der Waals surface area (Å²) in [5, 5.41) is 10.2. The molecule has 3 heterocycles. The second-order valence-corrected chi connectivity index (χ2v) is 18.0. The summed E-state index contributed by atoms with van der Waals surface area (Å²) in [4.78, 5) is 33.9. The van der Waals surface area contributed by atoms with Gasteiger partial charge >= 0.3 is 6.18 Å². The summed E-state index contributed by atoms with van der Waals surface area (Å²) < 4.78 is 161. The molecular formula is C42H30ClF9N8O4S. The quantitative estimate of drug-likeness (QED) is 0.124. The zero-order valence-corrected chi connectivity index (χ0v) is 34.9. The van der Waals surface area contributed by atoms with Crippen molar-refractivity contribution in [3.8, 4) is 16.8 Å². The highest BCUT2D eigenvalue weighted by molar-refractivity contribution is 7.92. The van der Waals surface area contributed by atoms with Gasteiger partial charge in [-0.15, -0.1) is 0 Å². The Labute approximate surface area is 365 Å². The fourth-order valence-corrected chi connectivity index (χ4v) is 9.47. The number of aromatic nitrogens is 6. The van der Waals surface area contributed by atoms with E-state index in [0.29, 0.717) is 10.7 Å². The Balaban J connectivity index is 1.27. The van der Waals surface area contributed by atoms with Gasteiger partial charge in [-0.25, -0.2) is 31.0 Å². The number of rotatable bonds is 11. The lowest BCUT2D eigenvalue weighted by atomic mass is 9.98. The number of sulfonamides is 1. The fraction of sp³-hybridized carbons (Fsp3) is 0.262. The third kappa shape index (κ3) is 7.74. The van der Waals surface area contributed by atoms with Crippen LogP contribution in [0.2, 0.25) is 5.02 Å². The van der Waals surface area contributed by atoms with Crippen LogP contribution in [0.5, 0.6) is 0 Å². The van der Waals surface area contributed by atoms with E-state index >= 15 is 13.6 Å². The van der Waals surface area contributed by atoms with Crippen LogP contribution in [-0.2, 0) is 46.9 Å². The molecule has 23 heteroatoms. The summed E-state index contributed by atoms with van der Waals surface area (Å²) in [6.45, 7) is -1.08. The van der Waals surface area contributed by atoms with Crippen LogP contribution in [-0.4, -0.2) is 49.7 Å². The summed E-state index contributed by atoms with van der Waals surface area (Å²) >= 11 is 6.59. The molecule has 0 bridgehead atoms. The fourth-order valence-electron chi connectivity index (χ4n) is 8.73. The van der Waals surface area contributed by atoms with Gasteiger partial charge in [0.25, 0.3) is 17.9 Å². The highest BCUT2D eigenvalue weighted by Crippen LogP contribution is 2.68. The Morgan fingerprint density at radius 3 is 2.38 bits per heavy atom. The van der Waals surface area contributed by atoms with Gasteiger partial charge in [0.15, 0.2) is 5.82 Å². The van der Waals surface area contributed by atoms with Crippen molar-refractivity contribution in [2.75, 3.05) is 11.0 Å². The van der Waals surface area contributed by atoms with Gasteiger partial charge in [-0.2, -0.15) is 32.1 Å². The summed E-state index contributed by atoms with van der Waals surface area (Å²) in [6, 6.07) is 11.5. The Kier molecular flexibility index (Phi) is 10.3. The van der Waals surface area contributed by atoms with Crippen LogP contribution in [0.25, 0.3) is 38.6 Å². The topological polar surface area (TPSA) is 146 Å². The second-order valence-electron chi connectivity index (χ2n) is 15.8. The van der Waals surface area contributed by atoms with E-state index < -0.39 is 105 Å². The molecule has 3 aromatic heterocycles. The lowest BCUT2D eigenvalue weighted by Gasteiger charge is -2.24. The average molecular weight is 949 g/mol. The largest absolute Gasteiger partial charge is 0.417 e. The van der Waals surface area contributed by atoms with Gasteiger partial charge < -0.3 is 5.32 Å². The number of alkyl halides is 7. The van der Waals surface area contributed by atoms with Gasteiger partial charge in [-0.3, -0.25) is 28.2 Å². The van der Waals surface area contributed by atoms with E-state index in [4.69, 9.17) is 16.6 Å². The predicted octanol–water partition coefficient (Wildman–Crippen LogP) is 8.70. The molecule has 0 aliphatic heterocycles. The number of nitrogens with one attached hydrogen (secondary N) is 2. The number of aryl methyl sites for hydroxylation is 1. The van der Waals surface area contributed by atoms with E-state index in [9.17, 15) is 43.9 Å². The van der Waals surface area contributed by atoms with Crippen molar-refractivity contribution in [3.05, 3.63) is 134 Å². The van der Waals surface area contributed by atoms with Gasteiger partial charge in [-0.05, 0) is 71.5 Å². The molecule has 0 saturated heterocycles. The lowest BCUT2D eigenvalue weighted by molar-refractivity contribution is -0.137. The van der Waals surface area contributed by atoms with Gasteiger partial charge in [0.2, 0.25) is 15.9 Å². The van der Waals surface area contributed by atoms with Crippen LogP contribution in [0.1, 0.15) is 58.7 Å². The molecule has 9 rings (SSSR count). The van der Waals surface area contributed by atoms with Crippen molar-refractivity contribution >= 4 is 55.2 Å². The summed E-state index contributed by atoms with van der Waals surface area (Å²) in [7, 11) is -2.61. The molecule has 338 valence electrons. The van der Waals surface area contributed by atoms with Crippen molar-refractivity contribution in [1.82, 2.24) is 34.4 Å².